The predicted octanol–water partition coefficient (Wildman–Crippen LogP) is -0.899. The largest absolute Gasteiger partial charge is 0.447 e. The zero-order valence-electron chi connectivity index (χ0n) is 11.0. The third-order valence-electron chi connectivity index (χ3n) is 2.95. The van der Waals surface area contributed by atoms with E-state index in [1.165, 1.54) is 12.1 Å². The highest BCUT2D eigenvalue weighted by molar-refractivity contribution is 7.89. The molecule has 9 heteroatoms. The molecule has 0 aliphatic carbocycles. The van der Waals surface area contributed by atoms with Crippen LogP contribution >= 0.6 is 0 Å². The van der Waals surface area contributed by atoms with E-state index in [2.05, 4.69) is 15.4 Å². The van der Waals surface area contributed by atoms with Gasteiger partial charge in [0.1, 0.15) is 12.6 Å². The number of nitrogens with two attached hydrogens (primary N) is 1. The Morgan fingerprint density at radius 1 is 1.38 bits per heavy atom. The summed E-state index contributed by atoms with van der Waals surface area (Å²) in [6.45, 7) is 0.383. The third-order valence-corrected chi connectivity index (χ3v) is 3.88. The number of benzene rings is 1. The van der Waals surface area contributed by atoms with E-state index in [0.29, 0.717) is 13.0 Å². The van der Waals surface area contributed by atoms with Crippen LogP contribution in [-0.4, -0.2) is 39.6 Å². The maximum Gasteiger partial charge on any atom is 0.407 e. The maximum absolute atomic E-state index is 11.7. The molecule has 0 radical (unpaired) electrons. The van der Waals surface area contributed by atoms with Crippen LogP contribution in [0.25, 0.3) is 0 Å². The van der Waals surface area contributed by atoms with Crippen molar-refractivity contribution < 1.29 is 22.7 Å². The Morgan fingerprint density at radius 2 is 2.05 bits per heavy atom. The lowest BCUT2D eigenvalue weighted by molar-refractivity contribution is -0.122. The maximum atomic E-state index is 11.7. The summed E-state index contributed by atoms with van der Waals surface area (Å²) in [7, 11) is -3.69. The van der Waals surface area contributed by atoms with Crippen molar-refractivity contribution in [3.8, 4) is 0 Å². The summed E-state index contributed by atoms with van der Waals surface area (Å²) in [6, 6.07) is 5.43. The van der Waals surface area contributed by atoms with Crippen LogP contribution in [0.3, 0.4) is 0 Å². The fourth-order valence-corrected chi connectivity index (χ4v) is 2.34. The molecule has 1 atom stereocenters. The fourth-order valence-electron chi connectivity index (χ4n) is 1.82. The second-order valence-electron chi connectivity index (χ2n) is 4.53. The standard InChI is InChI=1S/C12H15N3O5S/c13-21(18,19)9-3-1-8(2-4-9)5-6-14-11(16)10-7-20-12(17)15-10/h1-4,10H,5-7H2,(H,14,16)(H,15,17)(H2,13,18,19). The van der Waals surface area contributed by atoms with Crippen LogP contribution in [0.4, 0.5) is 4.79 Å². The lowest BCUT2D eigenvalue weighted by Crippen LogP contribution is -2.43. The summed E-state index contributed by atoms with van der Waals surface area (Å²) < 4.78 is 26.8. The first kappa shape index (κ1) is 15.3. The normalized spacial score (nSPS) is 18.0. The lowest BCUT2D eigenvalue weighted by atomic mass is 10.1. The molecule has 1 fully saturated rings. The second kappa shape index (κ2) is 6.10. The molecule has 4 N–H and O–H groups in total. The van der Waals surface area contributed by atoms with Gasteiger partial charge >= 0.3 is 6.09 Å². The van der Waals surface area contributed by atoms with Crippen LogP contribution in [0, 0.1) is 0 Å². The smallest absolute Gasteiger partial charge is 0.407 e. The molecule has 2 amide bonds. The Hall–Kier alpha value is -2.13. The minimum Gasteiger partial charge on any atom is -0.447 e. The highest BCUT2D eigenvalue weighted by Gasteiger charge is 2.28. The van der Waals surface area contributed by atoms with Crippen molar-refractivity contribution in [2.45, 2.75) is 17.4 Å². The van der Waals surface area contributed by atoms with Gasteiger partial charge in [-0.05, 0) is 24.1 Å². The summed E-state index contributed by atoms with van der Waals surface area (Å²) in [5.74, 6) is -0.318. The number of amides is 2. The Labute approximate surface area is 121 Å². The molecule has 1 heterocycles. The van der Waals surface area contributed by atoms with E-state index in [0.717, 1.165) is 5.56 Å². The number of sulfonamides is 1. The molecule has 8 nitrogen and oxygen atoms in total. The summed E-state index contributed by atoms with van der Waals surface area (Å²) >= 11 is 0. The predicted molar refractivity (Wildman–Crippen MR) is 72.8 cm³/mol. The van der Waals surface area contributed by atoms with Gasteiger partial charge in [0, 0.05) is 6.54 Å². The van der Waals surface area contributed by atoms with E-state index in [-0.39, 0.29) is 17.4 Å². The number of ether oxygens (including phenoxy) is 1. The SMILES string of the molecule is NS(=O)(=O)c1ccc(CCNC(=O)C2COC(=O)N2)cc1. The second-order valence-corrected chi connectivity index (χ2v) is 6.09. The molecule has 114 valence electrons. The van der Waals surface area contributed by atoms with Crippen LogP contribution in [0.15, 0.2) is 29.2 Å². The molecular formula is C12H15N3O5S. The third kappa shape index (κ3) is 4.17. The number of alkyl carbamates (subject to hydrolysis) is 1. The molecule has 0 spiro atoms. The highest BCUT2D eigenvalue weighted by Crippen LogP contribution is 2.09. The molecule has 1 aliphatic rings. The number of hydrogen-bond acceptors (Lipinski definition) is 5. The van der Waals surface area contributed by atoms with Crippen LogP contribution in [0.2, 0.25) is 0 Å². The summed E-state index contributed by atoms with van der Waals surface area (Å²) in [4.78, 5) is 22.5. The summed E-state index contributed by atoms with van der Waals surface area (Å²) in [6.07, 6.45) is -0.0771. The van der Waals surface area contributed by atoms with Crippen molar-refractivity contribution in [2.24, 2.45) is 5.14 Å². The molecule has 1 aromatic rings. The lowest BCUT2D eigenvalue weighted by Gasteiger charge is -2.09. The first-order chi connectivity index (χ1) is 9.86. The molecule has 0 aromatic heterocycles. The van der Waals surface area contributed by atoms with Gasteiger partial charge in [-0.25, -0.2) is 18.4 Å². The average molecular weight is 313 g/mol. The van der Waals surface area contributed by atoms with Gasteiger partial charge in [-0.15, -0.1) is 0 Å². The molecule has 0 bridgehead atoms. The topological polar surface area (TPSA) is 128 Å². The van der Waals surface area contributed by atoms with Crippen LogP contribution in [0.1, 0.15) is 5.56 Å². The number of nitrogens with one attached hydrogen (secondary N) is 2. The average Bonchev–Trinajstić information content (AvgIpc) is 2.85. The quantitative estimate of drug-likeness (QED) is 0.649. The number of carbonyl (C=O) groups excluding carboxylic acids is 2. The number of rotatable bonds is 5. The van der Waals surface area contributed by atoms with Gasteiger partial charge in [-0.2, -0.15) is 0 Å². The zero-order valence-corrected chi connectivity index (χ0v) is 11.9. The van der Waals surface area contributed by atoms with Crippen molar-refractivity contribution in [3.05, 3.63) is 29.8 Å². The highest BCUT2D eigenvalue weighted by atomic mass is 32.2. The molecule has 1 unspecified atom stereocenters. The van der Waals surface area contributed by atoms with Crippen molar-refractivity contribution >= 4 is 22.0 Å². The fraction of sp³-hybridized carbons (Fsp3) is 0.333. The number of hydrogen-bond donors (Lipinski definition) is 3. The van der Waals surface area contributed by atoms with E-state index in [1.54, 1.807) is 12.1 Å². The van der Waals surface area contributed by atoms with E-state index in [1.807, 2.05) is 0 Å². The van der Waals surface area contributed by atoms with E-state index < -0.39 is 22.2 Å². The van der Waals surface area contributed by atoms with E-state index in [9.17, 15) is 18.0 Å². The Morgan fingerprint density at radius 3 is 2.57 bits per heavy atom. The number of cyclic esters (lactones) is 1. The van der Waals surface area contributed by atoms with Gasteiger partial charge in [0.2, 0.25) is 15.9 Å². The van der Waals surface area contributed by atoms with E-state index in [4.69, 9.17) is 5.14 Å². The van der Waals surface area contributed by atoms with Crippen LogP contribution in [-0.2, 0) is 26.0 Å². The van der Waals surface area contributed by atoms with Crippen LogP contribution in [0.5, 0.6) is 0 Å². The molecule has 21 heavy (non-hydrogen) atoms. The Balaban J connectivity index is 1.81. The zero-order chi connectivity index (χ0) is 15.5. The Kier molecular flexibility index (Phi) is 4.43. The van der Waals surface area contributed by atoms with Crippen molar-refractivity contribution in [2.75, 3.05) is 13.2 Å². The van der Waals surface area contributed by atoms with Crippen molar-refractivity contribution in [1.29, 1.82) is 0 Å². The molecule has 1 aliphatic heterocycles. The number of primary sulfonamides is 1. The van der Waals surface area contributed by atoms with Crippen molar-refractivity contribution in [1.82, 2.24) is 10.6 Å². The molecular weight excluding hydrogens is 298 g/mol. The molecule has 2 rings (SSSR count). The first-order valence-corrected chi connectivity index (χ1v) is 7.73. The van der Waals surface area contributed by atoms with Crippen LogP contribution < -0.4 is 15.8 Å². The first-order valence-electron chi connectivity index (χ1n) is 6.19. The van der Waals surface area contributed by atoms with Gasteiger partial charge in [0.15, 0.2) is 0 Å². The number of carbonyl (C=O) groups is 2. The van der Waals surface area contributed by atoms with E-state index >= 15 is 0 Å². The van der Waals surface area contributed by atoms with Crippen molar-refractivity contribution in [3.63, 3.8) is 0 Å². The minimum atomic E-state index is -3.69. The van der Waals surface area contributed by atoms with Gasteiger partial charge in [0.05, 0.1) is 4.90 Å². The van der Waals surface area contributed by atoms with Gasteiger partial charge in [-0.1, -0.05) is 12.1 Å². The van der Waals surface area contributed by atoms with Gasteiger partial charge in [-0.3, -0.25) is 4.79 Å². The summed E-state index contributed by atoms with van der Waals surface area (Å²) in [5.41, 5.74) is 0.856. The molecule has 0 saturated carbocycles. The minimum absolute atomic E-state index is 0.0216. The molecule has 1 aromatic carbocycles. The Bertz CT molecular complexity index is 641. The molecule has 1 saturated heterocycles. The van der Waals surface area contributed by atoms with Gasteiger partial charge in [0.25, 0.3) is 0 Å². The van der Waals surface area contributed by atoms with Gasteiger partial charge < -0.3 is 15.4 Å². The monoisotopic (exact) mass is 313 g/mol. The summed E-state index contributed by atoms with van der Waals surface area (Å²) in [5, 5.41) is 10.0.